The molecule has 2 aliphatic heterocycles. The minimum Gasteiger partial charge on any atom is -0.375 e. The number of hydrogen-bond acceptors (Lipinski definition) is 4. The summed E-state index contributed by atoms with van der Waals surface area (Å²) in [6.07, 6.45) is 3.26. The molecule has 0 saturated carbocycles. The number of rotatable bonds is 4. The second-order valence-corrected chi connectivity index (χ2v) is 7.35. The highest BCUT2D eigenvalue weighted by molar-refractivity contribution is 14.0. The number of guanidine groups is 1. The zero-order valence-corrected chi connectivity index (χ0v) is 19.5. The van der Waals surface area contributed by atoms with E-state index in [1.807, 2.05) is 6.20 Å². The molecule has 3 heterocycles. The summed E-state index contributed by atoms with van der Waals surface area (Å²) in [5.41, 5.74) is 3.77. The fraction of sp³-hybridized carbons (Fsp3) is 0.455. The van der Waals surface area contributed by atoms with Gasteiger partial charge in [-0.3, -0.25) is 0 Å². The number of nitrogens with zero attached hydrogens (tertiary/aromatic N) is 4. The Labute approximate surface area is 190 Å². The molecule has 0 amide bonds. The number of nitrogens with one attached hydrogen (secondary N) is 1. The van der Waals surface area contributed by atoms with Crippen LogP contribution in [-0.2, 0) is 17.7 Å². The zero-order valence-electron chi connectivity index (χ0n) is 17.2. The van der Waals surface area contributed by atoms with E-state index in [9.17, 15) is 0 Å². The largest absolute Gasteiger partial charge is 0.375 e. The third kappa shape index (κ3) is 5.19. The number of pyridine rings is 1. The summed E-state index contributed by atoms with van der Waals surface area (Å²) >= 11 is 0. The van der Waals surface area contributed by atoms with Gasteiger partial charge in [-0.2, -0.15) is 0 Å². The van der Waals surface area contributed by atoms with Crippen molar-refractivity contribution in [1.82, 2.24) is 10.3 Å². The van der Waals surface area contributed by atoms with Gasteiger partial charge in [-0.05, 0) is 43.5 Å². The van der Waals surface area contributed by atoms with Gasteiger partial charge in [0.15, 0.2) is 5.96 Å². The molecule has 29 heavy (non-hydrogen) atoms. The number of halogens is 1. The van der Waals surface area contributed by atoms with Gasteiger partial charge >= 0.3 is 0 Å². The summed E-state index contributed by atoms with van der Waals surface area (Å²) in [6, 6.07) is 12.8. The van der Waals surface area contributed by atoms with Gasteiger partial charge < -0.3 is 19.9 Å². The first kappa shape index (κ1) is 21.8. The topological polar surface area (TPSA) is 53.0 Å². The van der Waals surface area contributed by atoms with Gasteiger partial charge in [0.1, 0.15) is 5.82 Å². The smallest absolute Gasteiger partial charge is 0.198 e. The lowest BCUT2D eigenvalue weighted by Crippen LogP contribution is -2.41. The summed E-state index contributed by atoms with van der Waals surface area (Å²) in [5.74, 6) is 1.96. The average molecular weight is 507 g/mol. The lowest BCUT2D eigenvalue weighted by molar-refractivity contribution is 0.0529. The summed E-state index contributed by atoms with van der Waals surface area (Å²) in [6.45, 7) is 9.20. The number of hydrogen-bond donors (Lipinski definition) is 1. The van der Waals surface area contributed by atoms with Crippen molar-refractivity contribution in [3.05, 3.63) is 53.7 Å². The van der Waals surface area contributed by atoms with Gasteiger partial charge in [-0.15, -0.1) is 24.0 Å². The Morgan fingerprint density at radius 2 is 2.10 bits per heavy atom. The van der Waals surface area contributed by atoms with Crippen molar-refractivity contribution in [1.29, 1.82) is 0 Å². The Morgan fingerprint density at radius 3 is 2.86 bits per heavy atom. The molecule has 1 aromatic heterocycles. The van der Waals surface area contributed by atoms with E-state index in [2.05, 4.69) is 70.3 Å². The summed E-state index contributed by atoms with van der Waals surface area (Å²) in [5, 5.41) is 3.44. The predicted octanol–water partition coefficient (Wildman–Crippen LogP) is 3.45. The summed E-state index contributed by atoms with van der Waals surface area (Å²) in [7, 11) is 0. The van der Waals surface area contributed by atoms with E-state index in [4.69, 9.17) is 9.73 Å². The van der Waals surface area contributed by atoms with E-state index in [-0.39, 0.29) is 30.1 Å². The maximum atomic E-state index is 5.62. The summed E-state index contributed by atoms with van der Waals surface area (Å²) < 4.78 is 5.62. The molecular weight excluding hydrogens is 477 g/mol. The Kier molecular flexibility index (Phi) is 7.71. The van der Waals surface area contributed by atoms with E-state index in [0.717, 1.165) is 56.5 Å². The van der Waals surface area contributed by atoms with Crippen LogP contribution >= 0.6 is 24.0 Å². The van der Waals surface area contributed by atoms with Gasteiger partial charge in [0.25, 0.3) is 0 Å². The normalized spacial score (nSPS) is 19.0. The highest BCUT2D eigenvalue weighted by Gasteiger charge is 2.22. The van der Waals surface area contributed by atoms with Crippen LogP contribution in [0.1, 0.15) is 25.0 Å². The zero-order chi connectivity index (χ0) is 19.3. The van der Waals surface area contributed by atoms with Gasteiger partial charge in [-0.25, -0.2) is 9.98 Å². The molecule has 1 aromatic carbocycles. The SMILES string of the molecule is CCNC(=NCc1ccc(N2CCOC(C)C2)nc1)N1CCc2ccccc21.I. The molecule has 1 saturated heterocycles. The highest BCUT2D eigenvalue weighted by Crippen LogP contribution is 2.27. The summed E-state index contributed by atoms with van der Waals surface area (Å²) in [4.78, 5) is 14.1. The van der Waals surface area contributed by atoms with Crippen LogP contribution in [0.15, 0.2) is 47.6 Å². The molecule has 0 spiro atoms. The average Bonchev–Trinajstić information content (AvgIpc) is 3.16. The molecule has 6 nitrogen and oxygen atoms in total. The number of ether oxygens (including phenoxy) is 1. The van der Waals surface area contributed by atoms with E-state index < -0.39 is 0 Å². The van der Waals surface area contributed by atoms with Crippen LogP contribution in [0.3, 0.4) is 0 Å². The number of morpholine rings is 1. The third-order valence-electron chi connectivity index (χ3n) is 5.26. The lowest BCUT2D eigenvalue weighted by atomic mass is 10.2. The molecule has 1 unspecified atom stereocenters. The number of aliphatic imine (C=N–C) groups is 1. The van der Waals surface area contributed by atoms with E-state index in [1.54, 1.807) is 0 Å². The number of fused-ring (bicyclic) bond motifs is 1. The first-order valence-electron chi connectivity index (χ1n) is 10.2. The quantitative estimate of drug-likeness (QED) is 0.391. The van der Waals surface area contributed by atoms with Gasteiger partial charge in [0.2, 0.25) is 0 Å². The first-order chi connectivity index (χ1) is 13.7. The lowest BCUT2D eigenvalue weighted by Gasteiger charge is -2.32. The van der Waals surface area contributed by atoms with E-state index >= 15 is 0 Å². The second-order valence-electron chi connectivity index (χ2n) is 7.35. The maximum absolute atomic E-state index is 5.62. The standard InChI is InChI=1S/C22H29N5O.HI/c1-3-23-22(27-11-10-19-6-4-5-7-20(19)27)25-15-18-8-9-21(24-14-18)26-12-13-28-17(2)16-26;/h4-9,14,17H,3,10-13,15-16H2,1-2H3,(H,23,25);1H. The van der Waals surface area contributed by atoms with Crippen LogP contribution in [0.25, 0.3) is 0 Å². The molecule has 2 aromatic rings. The Hall–Kier alpha value is -1.87. The molecule has 1 N–H and O–H groups in total. The Bertz CT molecular complexity index is 826. The van der Waals surface area contributed by atoms with Crippen molar-refractivity contribution in [2.24, 2.45) is 4.99 Å². The third-order valence-corrected chi connectivity index (χ3v) is 5.26. The van der Waals surface area contributed by atoms with Crippen molar-refractivity contribution in [3.63, 3.8) is 0 Å². The molecule has 0 aliphatic carbocycles. The van der Waals surface area contributed by atoms with E-state index in [0.29, 0.717) is 6.54 Å². The van der Waals surface area contributed by atoms with Crippen LogP contribution in [-0.4, -0.2) is 49.8 Å². The molecule has 7 heteroatoms. The van der Waals surface area contributed by atoms with Gasteiger partial charge in [-0.1, -0.05) is 24.3 Å². The van der Waals surface area contributed by atoms with Crippen molar-refractivity contribution < 1.29 is 4.74 Å². The first-order valence-corrected chi connectivity index (χ1v) is 10.2. The van der Waals surface area contributed by atoms with Crippen LogP contribution in [0, 0.1) is 0 Å². The number of para-hydroxylation sites is 1. The molecule has 0 radical (unpaired) electrons. The molecule has 0 bridgehead atoms. The Morgan fingerprint density at radius 1 is 1.24 bits per heavy atom. The van der Waals surface area contributed by atoms with Gasteiger partial charge in [0.05, 0.1) is 19.3 Å². The van der Waals surface area contributed by atoms with Crippen LogP contribution in [0.2, 0.25) is 0 Å². The molecule has 1 fully saturated rings. The molecular formula is C22H30IN5O. The fourth-order valence-electron chi connectivity index (χ4n) is 3.84. The fourth-order valence-corrected chi connectivity index (χ4v) is 3.84. The Balaban J connectivity index is 0.00000240. The van der Waals surface area contributed by atoms with Gasteiger partial charge in [0, 0.05) is 38.1 Å². The van der Waals surface area contributed by atoms with Crippen LogP contribution in [0.5, 0.6) is 0 Å². The maximum Gasteiger partial charge on any atom is 0.198 e. The van der Waals surface area contributed by atoms with Crippen molar-refractivity contribution in [2.45, 2.75) is 32.9 Å². The molecule has 1 atom stereocenters. The minimum absolute atomic E-state index is 0. The monoisotopic (exact) mass is 507 g/mol. The molecule has 2 aliphatic rings. The predicted molar refractivity (Wildman–Crippen MR) is 130 cm³/mol. The van der Waals surface area contributed by atoms with Crippen molar-refractivity contribution >= 4 is 41.4 Å². The van der Waals surface area contributed by atoms with Crippen molar-refractivity contribution in [3.8, 4) is 0 Å². The van der Waals surface area contributed by atoms with E-state index in [1.165, 1.54) is 11.3 Å². The minimum atomic E-state index is 0. The van der Waals surface area contributed by atoms with Crippen molar-refractivity contribution in [2.75, 3.05) is 42.6 Å². The molecule has 4 rings (SSSR count). The highest BCUT2D eigenvalue weighted by atomic mass is 127. The number of aromatic nitrogens is 1. The number of anilines is 2. The van der Waals surface area contributed by atoms with Crippen LogP contribution in [0.4, 0.5) is 11.5 Å². The number of benzene rings is 1. The molecule has 156 valence electrons. The van der Waals surface area contributed by atoms with Crippen LogP contribution < -0.4 is 15.1 Å². The second kappa shape index (κ2) is 10.2.